The molecule has 0 atom stereocenters. The van der Waals surface area contributed by atoms with Gasteiger partial charge in [0, 0.05) is 34.0 Å². The standard InChI is InChI=1S/C28H30N2O3S3/c1-33-23-8-2-7-22(17-23)18-29(19-24-9-4-14-34-24)27(31)12-3-13-28(32)30(20-25-10-5-15-35-25)21-26-11-6-16-36-26/h2,4-11,14-17H,3,12-13,18-21H2,1H3. The first-order valence-electron chi connectivity index (χ1n) is 11.9. The fraction of sp³-hybridized carbons (Fsp3) is 0.286. The van der Waals surface area contributed by atoms with Crippen molar-refractivity contribution in [3.8, 4) is 5.75 Å². The van der Waals surface area contributed by atoms with Crippen LogP contribution in [0.2, 0.25) is 0 Å². The number of amides is 2. The third-order valence-electron chi connectivity index (χ3n) is 5.77. The Morgan fingerprint density at radius 2 is 1.19 bits per heavy atom. The zero-order chi connectivity index (χ0) is 25.2. The van der Waals surface area contributed by atoms with E-state index < -0.39 is 0 Å². The summed E-state index contributed by atoms with van der Waals surface area (Å²) in [5.41, 5.74) is 1.02. The molecule has 0 N–H and O–H groups in total. The number of nitrogens with zero attached hydrogens (tertiary/aromatic N) is 2. The van der Waals surface area contributed by atoms with Gasteiger partial charge in [0.2, 0.25) is 11.8 Å². The molecular weight excluding hydrogens is 509 g/mol. The largest absolute Gasteiger partial charge is 0.497 e. The van der Waals surface area contributed by atoms with Crippen molar-refractivity contribution >= 4 is 45.8 Å². The molecular formula is C28H30N2O3S3. The molecule has 0 bridgehead atoms. The van der Waals surface area contributed by atoms with E-state index in [1.165, 1.54) is 0 Å². The highest BCUT2D eigenvalue weighted by atomic mass is 32.1. The van der Waals surface area contributed by atoms with Gasteiger partial charge in [-0.05, 0) is 58.5 Å². The SMILES string of the molecule is COc1cccc(CN(Cc2cccs2)C(=O)CCCC(=O)N(Cc2cccs2)Cc2cccs2)c1. The molecule has 36 heavy (non-hydrogen) atoms. The zero-order valence-electron chi connectivity index (χ0n) is 20.3. The molecule has 0 unspecified atom stereocenters. The zero-order valence-corrected chi connectivity index (χ0v) is 22.7. The molecule has 0 aliphatic rings. The van der Waals surface area contributed by atoms with Crippen molar-refractivity contribution in [2.45, 2.75) is 45.4 Å². The van der Waals surface area contributed by atoms with Crippen LogP contribution in [-0.2, 0) is 35.8 Å². The Hall–Kier alpha value is -2.94. The maximum Gasteiger partial charge on any atom is 0.223 e. The lowest BCUT2D eigenvalue weighted by atomic mass is 10.1. The maximum absolute atomic E-state index is 13.3. The average molecular weight is 539 g/mol. The molecule has 4 rings (SSSR count). The predicted octanol–water partition coefficient (Wildman–Crippen LogP) is 6.81. The monoisotopic (exact) mass is 538 g/mol. The van der Waals surface area contributed by atoms with E-state index >= 15 is 0 Å². The van der Waals surface area contributed by atoms with Gasteiger partial charge in [0.05, 0.1) is 26.7 Å². The number of rotatable bonds is 13. The Balaban J connectivity index is 1.36. The van der Waals surface area contributed by atoms with Crippen molar-refractivity contribution in [2.75, 3.05) is 7.11 Å². The Labute approximate surface area is 224 Å². The summed E-state index contributed by atoms with van der Waals surface area (Å²) in [7, 11) is 1.64. The van der Waals surface area contributed by atoms with Gasteiger partial charge in [0.25, 0.3) is 0 Å². The Bertz CT molecular complexity index is 1170. The Kier molecular flexibility index (Phi) is 9.72. The first kappa shape index (κ1) is 26.1. The minimum Gasteiger partial charge on any atom is -0.497 e. The van der Waals surface area contributed by atoms with E-state index in [0.717, 1.165) is 25.9 Å². The summed E-state index contributed by atoms with van der Waals surface area (Å²) in [6.07, 6.45) is 1.23. The Morgan fingerprint density at radius 1 is 0.694 bits per heavy atom. The molecule has 3 heterocycles. The molecule has 3 aromatic heterocycles. The van der Waals surface area contributed by atoms with Gasteiger partial charge in [0.15, 0.2) is 0 Å². The molecule has 0 aliphatic heterocycles. The second-order valence-corrected chi connectivity index (χ2v) is 11.5. The number of carbonyl (C=O) groups excluding carboxylic acids is 2. The van der Waals surface area contributed by atoms with Crippen LogP contribution >= 0.6 is 34.0 Å². The second kappa shape index (κ2) is 13.4. The topological polar surface area (TPSA) is 49.9 Å². The lowest BCUT2D eigenvalue weighted by Crippen LogP contribution is -2.31. The third kappa shape index (κ3) is 7.78. The quantitative estimate of drug-likeness (QED) is 0.188. The molecule has 0 saturated carbocycles. The minimum atomic E-state index is 0.0575. The summed E-state index contributed by atoms with van der Waals surface area (Å²) < 4.78 is 5.35. The van der Waals surface area contributed by atoms with E-state index in [4.69, 9.17) is 4.74 Å². The first-order chi connectivity index (χ1) is 17.6. The van der Waals surface area contributed by atoms with Crippen LogP contribution in [0.3, 0.4) is 0 Å². The fourth-order valence-corrected chi connectivity index (χ4v) is 6.09. The first-order valence-corrected chi connectivity index (χ1v) is 14.5. The lowest BCUT2D eigenvalue weighted by Gasteiger charge is -2.24. The fourth-order valence-electron chi connectivity index (χ4n) is 3.93. The van der Waals surface area contributed by atoms with E-state index in [0.29, 0.717) is 45.4 Å². The van der Waals surface area contributed by atoms with Crippen LogP contribution in [0.1, 0.15) is 39.5 Å². The van der Waals surface area contributed by atoms with Crippen LogP contribution in [-0.4, -0.2) is 28.7 Å². The molecule has 2 amide bonds. The molecule has 188 valence electrons. The Morgan fingerprint density at radius 3 is 1.64 bits per heavy atom. The number of carbonyl (C=O) groups is 2. The average Bonchev–Trinajstić information content (AvgIpc) is 3.68. The summed E-state index contributed by atoms with van der Waals surface area (Å²) in [5.74, 6) is 0.919. The van der Waals surface area contributed by atoms with Gasteiger partial charge < -0.3 is 14.5 Å². The summed E-state index contributed by atoms with van der Waals surface area (Å²) in [4.78, 5) is 33.7. The molecule has 4 aromatic rings. The van der Waals surface area contributed by atoms with Gasteiger partial charge in [0.1, 0.15) is 5.75 Å². The number of hydrogen-bond acceptors (Lipinski definition) is 6. The van der Waals surface area contributed by atoms with Gasteiger partial charge in [-0.1, -0.05) is 30.3 Å². The molecule has 0 aliphatic carbocycles. The molecule has 0 saturated heterocycles. The summed E-state index contributed by atoms with van der Waals surface area (Å²) in [6.45, 7) is 2.26. The van der Waals surface area contributed by atoms with Crippen molar-refractivity contribution < 1.29 is 14.3 Å². The number of hydrogen-bond donors (Lipinski definition) is 0. The summed E-state index contributed by atoms with van der Waals surface area (Å²) in [6, 6.07) is 20.0. The van der Waals surface area contributed by atoms with Crippen molar-refractivity contribution in [2.24, 2.45) is 0 Å². The molecule has 0 radical (unpaired) electrons. The number of methoxy groups -OCH3 is 1. The van der Waals surface area contributed by atoms with Crippen molar-refractivity contribution in [1.29, 1.82) is 0 Å². The van der Waals surface area contributed by atoms with Crippen LogP contribution in [0.25, 0.3) is 0 Å². The van der Waals surface area contributed by atoms with Gasteiger partial charge in [-0.15, -0.1) is 34.0 Å². The van der Waals surface area contributed by atoms with E-state index in [-0.39, 0.29) is 11.8 Å². The highest BCUT2D eigenvalue weighted by Gasteiger charge is 2.19. The number of thiophene rings is 3. The van der Waals surface area contributed by atoms with E-state index in [1.54, 1.807) is 41.1 Å². The molecule has 1 aromatic carbocycles. The number of ether oxygens (including phenoxy) is 1. The molecule has 0 fully saturated rings. The summed E-state index contributed by atoms with van der Waals surface area (Å²) in [5, 5.41) is 6.09. The van der Waals surface area contributed by atoms with E-state index in [9.17, 15) is 9.59 Å². The molecule has 8 heteroatoms. The van der Waals surface area contributed by atoms with Crippen LogP contribution in [0.15, 0.2) is 76.8 Å². The van der Waals surface area contributed by atoms with Gasteiger partial charge in [-0.25, -0.2) is 0 Å². The van der Waals surface area contributed by atoms with Crippen LogP contribution in [0.4, 0.5) is 0 Å². The summed E-state index contributed by atoms with van der Waals surface area (Å²) >= 11 is 4.96. The van der Waals surface area contributed by atoms with Crippen molar-refractivity contribution in [3.05, 3.63) is 97.0 Å². The van der Waals surface area contributed by atoms with Crippen LogP contribution in [0, 0.1) is 0 Å². The maximum atomic E-state index is 13.3. The van der Waals surface area contributed by atoms with Gasteiger partial charge in [-0.2, -0.15) is 0 Å². The van der Waals surface area contributed by atoms with E-state index in [2.05, 4.69) is 12.1 Å². The van der Waals surface area contributed by atoms with Gasteiger partial charge in [-0.3, -0.25) is 9.59 Å². The van der Waals surface area contributed by atoms with Crippen molar-refractivity contribution in [1.82, 2.24) is 9.80 Å². The van der Waals surface area contributed by atoms with E-state index in [1.807, 2.05) is 74.5 Å². The molecule has 0 spiro atoms. The lowest BCUT2D eigenvalue weighted by molar-refractivity contribution is -0.134. The smallest absolute Gasteiger partial charge is 0.223 e. The van der Waals surface area contributed by atoms with Crippen LogP contribution < -0.4 is 4.74 Å². The number of benzene rings is 1. The minimum absolute atomic E-state index is 0.0575. The highest BCUT2D eigenvalue weighted by Crippen LogP contribution is 2.21. The molecule has 5 nitrogen and oxygen atoms in total. The van der Waals surface area contributed by atoms with Crippen LogP contribution in [0.5, 0.6) is 5.75 Å². The predicted molar refractivity (Wildman–Crippen MR) is 148 cm³/mol. The van der Waals surface area contributed by atoms with Gasteiger partial charge >= 0.3 is 0 Å². The van der Waals surface area contributed by atoms with Crippen molar-refractivity contribution in [3.63, 3.8) is 0 Å². The second-order valence-electron chi connectivity index (χ2n) is 8.44. The normalized spacial score (nSPS) is 10.8. The highest BCUT2D eigenvalue weighted by molar-refractivity contribution is 7.10. The third-order valence-corrected chi connectivity index (χ3v) is 8.36.